The van der Waals surface area contributed by atoms with Crippen molar-refractivity contribution in [2.75, 3.05) is 46.9 Å². The summed E-state index contributed by atoms with van der Waals surface area (Å²) in [6, 6.07) is 8.24. The quantitative estimate of drug-likeness (QED) is 0.571. The minimum atomic E-state index is 0.830. The molecule has 0 bridgehead atoms. The van der Waals surface area contributed by atoms with Gasteiger partial charge in [-0.25, -0.2) is 0 Å². The zero-order chi connectivity index (χ0) is 18.8. The van der Waals surface area contributed by atoms with Gasteiger partial charge in [-0.1, -0.05) is 19.1 Å². The van der Waals surface area contributed by atoms with Gasteiger partial charge >= 0.3 is 0 Å². The summed E-state index contributed by atoms with van der Waals surface area (Å²) in [5, 5.41) is 3.42. The highest BCUT2D eigenvalue weighted by molar-refractivity contribution is 5.79. The topological polar surface area (TPSA) is 40.1 Å². The molecule has 146 valence electrons. The van der Waals surface area contributed by atoms with Gasteiger partial charge < -0.3 is 19.9 Å². The molecule has 1 aromatic rings. The molecule has 1 fully saturated rings. The van der Waals surface area contributed by atoms with Gasteiger partial charge in [-0.3, -0.25) is 4.99 Å². The van der Waals surface area contributed by atoms with E-state index in [-0.39, 0.29) is 0 Å². The molecular weight excluding hydrogens is 324 g/mol. The van der Waals surface area contributed by atoms with Gasteiger partial charge in [0.2, 0.25) is 0 Å². The van der Waals surface area contributed by atoms with Crippen LogP contribution in [0, 0.1) is 5.92 Å². The van der Waals surface area contributed by atoms with Gasteiger partial charge in [0.05, 0.1) is 7.11 Å². The molecule has 5 heteroatoms. The maximum atomic E-state index is 5.23. The Kier molecular flexibility index (Phi) is 8.75. The second-order valence-corrected chi connectivity index (χ2v) is 7.11. The van der Waals surface area contributed by atoms with Crippen molar-refractivity contribution in [3.63, 3.8) is 0 Å². The van der Waals surface area contributed by atoms with E-state index in [9.17, 15) is 0 Å². The van der Waals surface area contributed by atoms with Gasteiger partial charge in [-0.05, 0) is 69.4 Å². The minimum absolute atomic E-state index is 0.830. The summed E-state index contributed by atoms with van der Waals surface area (Å²) in [6.45, 7) is 10.7. The van der Waals surface area contributed by atoms with E-state index in [4.69, 9.17) is 9.73 Å². The molecule has 1 N–H and O–H groups in total. The van der Waals surface area contributed by atoms with Crippen LogP contribution in [0.25, 0.3) is 0 Å². The second-order valence-electron chi connectivity index (χ2n) is 7.11. The summed E-state index contributed by atoms with van der Waals surface area (Å²) in [5.74, 6) is 2.72. The second kappa shape index (κ2) is 11.1. The standard InChI is InChI=1S/C21H36N4O/c1-5-22-21(23-14-11-18-12-15-25(6-2)16-13-18)24(3)17-19-7-9-20(26-4)10-8-19/h7-10,18H,5-6,11-17H2,1-4H3,(H,22,23). The van der Waals surface area contributed by atoms with E-state index in [1.807, 2.05) is 12.1 Å². The van der Waals surface area contributed by atoms with Crippen molar-refractivity contribution in [3.8, 4) is 5.75 Å². The van der Waals surface area contributed by atoms with E-state index in [1.165, 1.54) is 44.5 Å². The summed E-state index contributed by atoms with van der Waals surface area (Å²) in [4.78, 5) is 9.62. The molecule has 0 atom stereocenters. The fourth-order valence-corrected chi connectivity index (χ4v) is 3.49. The lowest BCUT2D eigenvalue weighted by molar-refractivity contribution is 0.188. The monoisotopic (exact) mass is 360 g/mol. The highest BCUT2D eigenvalue weighted by atomic mass is 16.5. The van der Waals surface area contributed by atoms with Crippen LogP contribution in [0.5, 0.6) is 5.75 Å². The Morgan fingerprint density at radius 2 is 1.92 bits per heavy atom. The summed E-state index contributed by atoms with van der Waals surface area (Å²) in [7, 11) is 3.80. The molecule has 0 saturated carbocycles. The van der Waals surface area contributed by atoms with Gasteiger partial charge in [0.15, 0.2) is 5.96 Å². The molecule has 5 nitrogen and oxygen atoms in total. The van der Waals surface area contributed by atoms with Crippen LogP contribution in [-0.4, -0.2) is 62.6 Å². The number of likely N-dealkylation sites (tertiary alicyclic amines) is 1. The van der Waals surface area contributed by atoms with Crippen LogP contribution >= 0.6 is 0 Å². The molecule has 1 heterocycles. The lowest BCUT2D eigenvalue weighted by Crippen LogP contribution is -2.38. The molecule has 1 saturated heterocycles. The lowest BCUT2D eigenvalue weighted by atomic mass is 9.94. The molecule has 1 aliphatic heterocycles. The van der Waals surface area contributed by atoms with E-state index in [2.05, 4.69) is 48.1 Å². The number of nitrogens with zero attached hydrogens (tertiary/aromatic N) is 3. The average molecular weight is 361 g/mol. The highest BCUT2D eigenvalue weighted by Gasteiger charge is 2.17. The van der Waals surface area contributed by atoms with Crippen LogP contribution in [0.1, 0.15) is 38.7 Å². The normalized spacial score (nSPS) is 16.5. The fraction of sp³-hybridized carbons (Fsp3) is 0.667. The van der Waals surface area contributed by atoms with Crippen molar-refractivity contribution in [3.05, 3.63) is 29.8 Å². The van der Waals surface area contributed by atoms with Crippen LogP contribution in [0.4, 0.5) is 0 Å². The van der Waals surface area contributed by atoms with Crippen molar-refractivity contribution < 1.29 is 4.74 Å². The van der Waals surface area contributed by atoms with E-state index < -0.39 is 0 Å². The minimum Gasteiger partial charge on any atom is -0.497 e. The number of piperidine rings is 1. The lowest BCUT2D eigenvalue weighted by Gasteiger charge is -2.30. The van der Waals surface area contributed by atoms with Crippen molar-refractivity contribution in [2.24, 2.45) is 10.9 Å². The molecule has 26 heavy (non-hydrogen) atoms. The Morgan fingerprint density at radius 1 is 1.23 bits per heavy atom. The first-order valence-corrected chi connectivity index (χ1v) is 10.0. The summed E-state index contributed by atoms with van der Waals surface area (Å²) < 4.78 is 5.23. The third-order valence-corrected chi connectivity index (χ3v) is 5.23. The van der Waals surface area contributed by atoms with E-state index in [0.717, 1.165) is 37.3 Å². The first-order valence-electron chi connectivity index (χ1n) is 10.0. The van der Waals surface area contributed by atoms with Crippen molar-refractivity contribution in [1.82, 2.24) is 15.1 Å². The maximum Gasteiger partial charge on any atom is 0.193 e. The number of benzene rings is 1. The SMILES string of the molecule is CCNC(=NCCC1CCN(CC)CC1)N(C)Cc1ccc(OC)cc1. The largest absolute Gasteiger partial charge is 0.497 e. The molecule has 0 unspecified atom stereocenters. The van der Waals surface area contributed by atoms with Crippen molar-refractivity contribution in [1.29, 1.82) is 0 Å². The molecule has 0 radical (unpaired) electrons. The molecule has 0 spiro atoms. The smallest absolute Gasteiger partial charge is 0.193 e. The summed E-state index contributed by atoms with van der Waals surface area (Å²) in [5.41, 5.74) is 1.26. The van der Waals surface area contributed by atoms with Crippen molar-refractivity contribution >= 4 is 5.96 Å². The zero-order valence-corrected chi connectivity index (χ0v) is 17.0. The predicted octanol–water partition coefficient (Wildman–Crippen LogP) is 3.21. The molecule has 2 rings (SSSR count). The van der Waals surface area contributed by atoms with E-state index in [0.29, 0.717) is 0 Å². The van der Waals surface area contributed by atoms with Crippen LogP contribution in [-0.2, 0) is 6.54 Å². The Morgan fingerprint density at radius 3 is 2.50 bits per heavy atom. The van der Waals surface area contributed by atoms with Crippen LogP contribution in [0.2, 0.25) is 0 Å². The van der Waals surface area contributed by atoms with E-state index >= 15 is 0 Å². The Balaban J connectivity index is 1.84. The molecule has 0 amide bonds. The van der Waals surface area contributed by atoms with Crippen LogP contribution < -0.4 is 10.1 Å². The Labute approximate surface area is 159 Å². The maximum absolute atomic E-state index is 5.23. The number of hydrogen-bond acceptors (Lipinski definition) is 3. The average Bonchev–Trinajstić information content (AvgIpc) is 2.68. The molecular formula is C21H36N4O. The van der Waals surface area contributed by atoms with Crippen molar-refractivity contribution in [2.45, 2.75) is 39.7 Å². The number of hydrogen-bond donors (Lipinski definition) is 1. The Hall–Kier alpha value is -1.75. The third-order valence-electron chi connectivity index (χ3n) is 5.23. The predicted molar refractivity (Wildman–Crippen MR) is 110 cm³/mol. The number of nitrogens with one attached hydrogen (secondary N) is 1. The van der Waals surface area contributed by atoms with Gasteiger partial charge in [0.25, 0.3) is 0 Å². The summed E-state index contributed by atoms with van der Waals surface area (Å²) >= 11 is 0. The van der Waals surface area contributed by atoms with Crippen LogP contribution in [0.15, 0.2) is 29.3 Å². The van der Waals surface area contributed by atoms with Gasteiger partial charge in [0, 0.05) is 26.7 Å². The summed E-state index contributed by atoms with van der Waals surface area (Å²) in [6.07, 6.45) is 3.84. The Bertz CT molecular complexity index is 535. The number of guanidine groups is 1. The van der Waals surface area contributed by atoms with Crippen LogP contribution in [0.3, 0.4) is 0 Å². The zero-order valence-electron chi connectivity index (χ0n) is 17.0. The number of methoxy groups -OCH3 is 1. The van der Waals surface area contributed by atoms with Gasteiger partial charge in [-0.2, -0.15) is 0 Å². The number of rotatable bonds is 8. The fourth-order valence-electron chi connectivity index (χ4n) is 3.49. The molecule has 0 aliphatic carbocycles. The molecule has 0 aromatic heterocycles. The third kappa shape index (κ3) is 6.52. The van der Waals surface area contributed by atoms with E-state index in [1.54, 1.807) is 7.11 Å². The first-order chi connectivity index (χ1) is 12.7. The molecule has 1 aromatic carbocycles. The van der Waals surface area contributed by atoms with Gasteiger partial charge in [-0.15, -0.1) is 0 Å². The number of aliphatic imine (C=N–C) groups is 1. The number of ether oxygens (including phenoxy) is 1. The van der Waals surface area contributed by atoms with Gasteiger partial charge in [0.1, 0.15) is 5.75 Å². The first kappa shape index (κ1) is 20.6. The highest BCUT2D eigenvalue weighted by Crippen LogP contribution is 2.20. The molecule has 1 aliphatic rings.